The number of furan rings is 1. The SMILES string of the molecule is Cc1cc(-c2ccccc2-c2ccccc2)ccc1N(c1ccc(-c2cccc3c2oc2ccccc23)cc1)c1cccc2c1-c1ccccc1C2(c1ccccc1)c1ccccc1. The average Bonchev–Trinajstić information content (AvgIpc) is 3.90. The summed E-state index contributed by atoms with van der Waals surface area (Å²) < 4.78 is 6.52. The Morgan fingerprint density at radius 1 is 0.375 bits per heavy atom. The second-order valence-corrected chi connectivity index (χ2v) is 16.8. The van der Waals surface area contributed by atoms with Gasteiger partial charge in [-0.3, -0.25) is 0 Å². The normalized spacial score (nSPS) is 12.6. The van der Waals surface area contributed by atoms with Crippen LogP contribution in [-0.2, 0) is 5.41 Å². The molecule has 1 aliphatic rings. The maximum Gasteiger partial charge on any atom is 0.143 e. The Bertz CT molecular complexity index is 3460. The summed E-state index contributed by atoms with van der Waals surface area (Å²) in [5.74, 6) is 0. The maximum absolute atomic E-state index is 6.52. The monoisotopic (exact) mass is 817 g/mol. The molecule has 0 atom stereocenters. The van der Waals surface area contributed by atoms with Gasteiger partial charge in [-0.1, -0.05) is 206 Å². The zero-order valence-corrected chi connectivity index (χ0v) is 35.4. The van der Waals surface area contributed by atoms with E-state index in [1.807, 2.05) is 6.07 Å². The lowest BCUT2D eigenvalue weighted by Gasteiger charge is -2.34. The van der Waals surface area contributed by atoms with Gasteiger partial charge in [-0.25, -0.2) is 0 Å². The highest BCUT2D eigenvalue weighted by atomic mass is 16.3. The van der Waals surface area contributed by atoms with Gasteiger partial charge >= 0.3 is 0 Å². The Balaban J connectivity index is 1.08. The van der Waals surface area contributed by atoms with Crippen molar-refractivity contribution in [2.75, 3.05) is 4.90 Å². The first-order valence-electron chi connectivity index (χ1n) is 22.1. The molecular formula is C62H43NO. The maximum atomic E-state index is 6.52. The number of para-hydroxylation sites is 2. The number of hydrogen-bond donors (Lipinski definition) is 0. The van der Waals surface area contributed by atoms with Gasteiger partial charge in [-0.15, -0.1) is 0 Å². The van der Waals surface area contributed by atoms with E-state index >= 15 is 0 Å². The van der Waals surface area contributed by atoms with E-state index in [1.54, 1.807) is 0 Å². The molecule has 302 valence electrons. The lowest BCUT2D eigenvalue weighted by atomic mass is 9.68. The number of anilines is 3. The third-order valence-corrected chi connectivity index (χ3v) is 13.3. The van der Waals surface area contributed by atoms with Gasteiger partial charge in [0.15, 0.2) is 0 Å². The Morgan fingerprint density at radius 3 is 1.62 bits per heavy atom. The molecule has 0 aliphatic heterocycles. The van der Waals surface area contributed by atoms with Crippen molar-refractivity contribution in [3.05, 3.63) is 270 Å². The summed E-state index contributed by atoms with van der Waals surface area (Å²) in [4.78, 5) is 2.48. The first-order chi connectivity index (χ1) is 31.7. The topological polar surface area (TPSA) is 16.4 Å². The van der Waals surface area contributed by atoms with Crippen LogP contribution in [-0.4, -0.2) is 0 Å². The molecule has 0 amide bonds. The van der Waals surface area contributed by atoms with Crippen LogP contribution in [0, 0.1) is 6.92 Å². The van der Waals surface area contributed by atoms with E-state index in [0.29, 0.717) is 0 Å². The summed E-state index contributed by atoms with van der Waals surface area (Å²) in [6, 6.07) is 88.2. The molecule has 2 nitrogen and oxygen atoms in total. The fourth-order valence-electron chi connectivity index (χ4n) is 10.5. The molecule has 0 bridgehead atoms. The predicted octanol–water partition coefficient (Wildman–Crippen LogP) is 16.7. The van der Waals surface area contributed by atoms with Crippen LogP contribution < -0.4 is 4.90 Å². The van der Waals surface area contributed by atoms with Crippen molar-refractivity contribution in [1.29, 1.82) is 0 Å². The number of benzene rings is 10. The molecule has 0 fully saturated rings. The van der Waals surface area contributed by atoms with Crippen molar-refractivity contribution in [2.24, 2.45) is 0 Å². The number of rotatable bonds is 8. The zero-order chi connectivity index (χ0) is 42.6. The smallest absolute Gasteiger partial charge is 0.143 e. The minimum Gasteiger partial charge on any atom is -0.455 e. The Kier molecular flexibility index (Phi) is 8.98. The Labute approximate surface area is 374 Å². The van der Waals surface area contributed by atoms with Crippen LogP contribution >= 0.6 is 0 Å². The van der Waals surface area contributed by atoms with Gasteiger partial charge in [0, 0.05) is 33.3 Å². The van der Waals surface area contributed by atoms with E-state index in [-0.39, 0.29) is 0 Å². The van der Waals surface area contributed by atoms with E-state index < -0.39 is 5.41 Å². The van der Waals surface area contributed by atoms with E-state index in [4.69, 9.17) is 4.42 Å². The van der Waals surface area contributed by atoms with Crippen LogP contribution in [0.4, 0.5) is 17.1 Å². The molecule has 11 aromatic rings. The van der Waals surface area contributed by atoms with Crippen molar-refractivity contribution in [3.8, 4) is 44.5 Å². The lowest BCUT2D eigenvalue weighted by molar-refractivity contribution is 0.670. The molecule has 2 heteroatoms. The predicted molar refractivity (Wildman–Crippen MR) is 267 cm³/mol. The van der Waals surface area contributed by atoms with Gasteiger partial charge in [-0.05, 0) is 105 Å². The number of fused-ring (bicyclic) bond motifs is 6. The minimum atomic E-state index is -0.523. The Morgan fingerprint density at radius 2 is 0.906 bits per heavy atom. The molecule has 0 saturated carbocycles. The van der Waals surface area contributed by atoms with Crippen molar-refractivity contribution >= 4 is 39.0 Å². The molecular weight excluding hydrogens is 775 g/mol. The van der Waals surface area contributed by atoms with Gasteiger partial charge in [0.05, 0.1) is 11.1 Å². The van der Waals surface area contributed by atoms with Gasteiger partial charge in [0.1, 0.15) is 11.2 Å². The average molecular weight is 818 g/mol. The molecule has 1 heterocycles. The molecule has 0 unspecified atom stereocenters. The molecule has 64 heavy (non-hydrogen) atoms. The molecule has 0 radical (unpaired) electrons. The molecule has 10 aromatic carbocycles. The van der Waals surface area contributed by atoms with Gasteiger partial charge in [-0.2, -0.15) is 0 Å². The standard InChI is InChI=1S/C62H43NO/c1-42-41-45(50-26-12-11-25-49(50)43-19-5-2-6-20-43)37-40-57(42)63(48-38-35-44(36-39-48)51-29-17-30-53-52-27-14-16-34-59(52)64-61(51)53)58-33-18-32-56-60(58)54-28-13-15-31-55(54)62(56,46-21-7-3-8-22-46)47-23-9-4-10-24-47/h2-41H,1H3. The summed E-state index contributed by atoms with van der Waals surface area (Å²) in [5, 5.41) is 2.26. The molecule has 0 spiro atoms. The van der Waals surface area contributed by atoms with E-state index in [2.05, 4.69) is 248 Å². The summed E-state index contributed by atoms with van der Waals surface area (Å²) in [6.45, 7) is 2.25. The fourth-order valence-corrected chi connectivity index (χ4v) is 10.5. The van der Waals surface area contributed by atoms with Crippen LogP contribution in [0.1, 0.15) is 27.8 Å². The van der Waals surface area contributed by atoms with Crippen molar-refractivity contribution < 1.29 is 4.42 Å². The quantitative estimate of drug-likeness (QED) is 0.152. The Hall–Kier alpha value is -8.20. The summed E-state index contributed by atoms with van der Waals surface area (Å²) in [5.41, 5.74) is 20.3. The van der Waals surface area contributed by atoms with Crippen LogP contribution in [0.2, 0.25) is 0 Å². The second-order valence-electron chi connectivity index (χ2n) is 16.8. The van der Waals surface area contributed by atoms with E-state index in [1.165, 1.54) is 61.2 Å². The number of nitrogens with zero attached hydrogens (tertiary/aromatic N) is 1. The van der Waals surface area contributed by atoms with E-state index in [9.17, 15) is 0 Å². The minimum absolute atomic E-state index is 0.523. The van der Waals surface area contributed by atoms with Gasteiger partial charge in [0.25, 0.3) is 0 Å². The largest absolute Gasteiger partial charge is 0.455 e. The number of aryl methyl sites for hydroxylation is 1. The highest BCUT2D eigenvalue weighted by Crippen LogP contribution is 2.59. The number of hydrogen-bond acceptors (Lipinski definition) is 2. The first-order valence-corrected chi connectivity index (χ1v) is 22.1. The molecule has 1 aromatic heterocycles. The van der Waals surface area contributed by atoms with Gasteiger partial charge in [0.2, 0.25) is 0 Å². The lowest BCUT2D eigenvalue weighted by Crippen LogP contribution is -2.28. The molecule has 0 N–H and O–H groups in total. The fraction of sp³-hybridized carbons (Fsp3) is 0.0323. The highest BCUT2D eigenvalue weighted by molar-refractivity contribution is 6.09. The second kappa shape index (κ2) is 15.3. The third-order valence-electron chi connectivity index (χ3n) is 13.3. The molecule has 12 rings (SSSR count). The first kappa shape index (κ1) is 37.6. The molecule has 0 saturated heterocycles. The van der Waals surface area contributed by atoms with Crippen LogP contribution in [0.3, 0.4) is 0 Å². The molecule has 1 aliphatic carbocycles. The highest BCUT2D eigenvalue weighted by Gasteiger charge is 2.47. The van der Waals surface area contributed by atoms with Crippen LogP contribution in [0.5, 0.6) is 0 Å². The summed E-state index contributed by atoms with van der Waals surface area (Å²) in [6.07, 6.45) is 0. The zero-order valence-electron chi connectivity index (χ0n) is 35.4. The van der Waals surface area contributed by atoms with E-state index in [0.717, 1.165) is 50.1 Å². The van der Waals surface area contributed by atoms with Crippen molar-refractivity contribution in [2.45, 2.75) is 12.3 Å². The third kappa shape index (κ3) is 5.87. The van der Waals surface area contributed by atoms with Gasteiger partial charge < -0.3 is 9.32 Å². The van der Waals surface area contributed by atoms with Crippen LogP contribution in [0.25, 0.3) is 66.4 Å². The summed E-state index contributed by atoms with van der Waals surface area (Å²) >= 11 is 0. The van der Waals surface area contributed by atoms with Crippen LogP contribution in [0.15, 0.2) is 247 Å². The van der Waals surface area contributed by atoms with Crippen molar-refractivity contribution in [3.63, 3.8) is 0 Å². The van der Waals surface area contributed by atoms with Crippen molar-refractivity contribution in [1.82, 2.24) is 0 Å². The summed E-state index contributed by atoms with van der Waals surface area (Å²) in [7, 11) is 0.